The minimum atomic E-state index is -4.39. The Morgan fingerprint density at radius 1 is 1.18 bits per heavy atom. The van der Waals surface area contributed by atoms with Crippen molar-refractivity contribution in [2.24, 2.45) is 0 Å². The lowest BCUT2D eigenvalue weighted by molar-refractivity contribution is -0.112. The summed E-state index contributed by atoms with van der Waals surface area (Å²) in [7, 11) is -3.19. The number of methoxy groups -OCH3 is 1. The van der Waals surface area contributed by atoms with E-state index in [0.717, 1.165) is 12.3 Å². The van der Waals surface area contributed by atoms with Crippen molar-refractivity contribution in [1.29, 1.82) is 5.26 Å². The Balaban J connectivity index is 2.21. The maximum absolute atomic E-state index is 12.3. The summed E-state index contributed by atoms with van der Waals surface area (Å²) in [5.41, 5.74) is 0.167. The summed E-state index contributed by atoms with van der Waals surface area (Å²) >= 11 is 0. The van der Waals surface area contributed by atoms with E-state index in [2.05, 4.69) is 15.4 Å². The highest BCUT2D eigenvalue weighted by Gasteiger charge is 2.16. The number of nitrogens with zero attached hydrogens (tertiary/aromatic N) is 1. The van der Waals surface area contributed by atoms with Crippen LogP contribution in [0, 0.1) is 11.3 Å². The quantitative estimate of drug-likeness (QED) is 0.289. The van der Waals surface area contributed by atoms with Crippen molar-refractivity contribution in [2.75, 3.05) is 17.7 Å². The molecule has 0 atom stereocenters. The van der Waals surface area contributed by atoms with E-state index in [1.54, 1.807) is 18.2 Å². The normalized spacial score (nSPS) is 11.2. The van der Waals surface area contributed by atoms with Gasteiger partial charge in [-0.25, -0.2) is 4.79 Å². The van der Waals surface area contributed by atoms with Gasteiger partial charge in [0.05, 0.1) is 23.3 Å². The fourth-order valence-corrected chi connectivity index (χ4v) is 2.65. The molecular weight excluding hydrogens is 386 g/mol. The molecule has 0 unspecified atom stereocenters. The van der Waals surface area contributed by atoms with Gasteiger partial charge in [-0.3, -0.25) is 9.35 Å². The highest BCUT2D eigenvalue weighted by Crippen LogP contribution is 2.18. The predicted molar refractivity (Wildman–Crippen MR) is 100.0 cm³/mol. The molecule has 0 aliphatic heterocycles. The molecule has 10 heteroatoms. The Hall–Kier alpha value is -3.68. The van der Waals surface area contributed by atoms with Crippen LogP contribution in [0.1, 0.15) is 10.4 Å². The van der Waals surface area contributed by atoms with Crippen LogP contribution >= 0.6 is 0 Å². The average molecular weight is 401 g/mol. The number of hydrogen-bond donors (Lipinski definition) is 3. The number of carbonyl (C=O) groups is 2. The van der Waals surface area contributed by atoms with Gasteiger partial charge >= 0.3 is 5.97 Å². The zero-order chi connectivity index (χ0) is 20.7. The molecular formula is C18H15N3O6S. The zero-order valence-electron chi connectivity index (χ0n) is 14.5. The second-order valence-corrected chi connectivity index (χ2v) is 6.73. The molecule has 2 aromatic rings. The number of nitrogens with one attached hydrogen (secondary N) is 2. The summed E-state index contributed by atoms with van der Waals surface area (Å²) in [6, 6.07) is 13.0. The Morgan fingerprint density at radius 2 is 1.89 bits per heavy atom. The summed E-state index contributed by atoms with van der Waals surface area (Å²) in [6.07, 6.45) is 1.07. The number of nitriles is 1. The molecule has 0 aliphatic rings. The standard InChI is InChI=1S/C18H15N3O6S/c1-27-18(23)15-7-2-3-8-16(15)21-17(22)12(10-19)11-20-13-5-4-6-14(9-13)28(24,25)26/h2-9,11,20H,1H3,(H,21,22)(H,24,25,26)/b12-11-. The molecule has 0 radical (unpaired) electrons. The van der Waals surface area contributed by atoms with E-state index >= 15 is 0 Å². The Labute approximate surface area is 161 Å². The number of amides is 1. The van der Waals surface area contributed by atoms with Crippen molar-refractivity contribution in [3.05, 3.63) is 65.9 Å². The second kappa shape index (κ2) is 8.81. The molecule has 0 aliphatic carbocycles. The minimum Gasteiger partial charge on any atom is -0.465 e. The first-order chi connectivity index (χ1) is 13.3. The van der Waals surface area contributed by atoms with E-state index < -0.39 is 22.0 Å². The van der Waals surface area contributed by atoms with Crippen molar-refractivity contribution >= 4 is 33.4 Å². The molecule has 9 nitrogen and oxygen atoms in total. The van der Waals surface area contributed by atoms with E-state index in [0.29, 0.717) is 0 Å². The van der Waals surface area contributed by atoms with Crippen LogP contribution in [0.4, 0.5) is 11.4 Å². The van der Waals surface area contributed by atoms with Crippen molar-refractivity contribution in [1.82, 2.24) is 0 Å². The van der Waals surface area contributed by atoms with Crippen molar-refractivity contribution in [2.45, 2.75) is 4.90 Å². The van der Waals surface area contributed by atoms with Gasteiger partial charge < -0.3 is 15.4 Å². The van der Waals surface area contributed by atoms with E-state index in [1.807, 2.05) is 0 Å². The summed E-state index contributed by atoms with van der Waals surface area (Å²) in [4.78, 5) is 23.7. The molecule has 2 aromatic carbocycles. The maximum atomic E-state index is 12.3. The van der Waals surface area contributed by atoms with E-state index in [-0.39, 0.29) is 27.4 Å². The van der Waals surface area contributed by atoms with Gasteiger partial charge in [-0.1, -0.05) is 18.2 Å². The number of benzene rings is 2. The first-order valence-corrected chi connectivity index (χ1v) is 9.13. The number of rotatable bonds is 6. The molecule has 28 heavy (non-hydrogen) atoms. The number of ether oxygens (including phenoxy) is 1. The Kier molecular flexibility index (Phi) is 6.49. The fourth-order valence-electron chi connectivity index (χ4n) is 2.12. The topological polar surface area (TPSA) is 146 Å². The lowest BCUT2D eigenvalue weighted by atomic mass is 10.1. The molecule has 2 rings (SSSR count). The number of carbonyl (C=O) groups excluding carboxylic acids is 2. The smallest absolute Gasteiger partial charge is 0.339 e. The summed E-state index contributed by atoms with van der Waals surface area (Å²) in [6.45, 7) is 0. The minimum absolute atomic E-state index is 0.115. The van der Waals surface area contributed by atoms with Crippen molar-refractivity contribution in [3.8, 4) is 6.07 Å². The van der Waals surface area contributed by atoms with Gasteiger partial charge in [0.25, 0.3) is 16.0 Å². The van der Waals surface area contributed by atoms with Gasteiger partial charge in [-0.05, 0) is 30.3 Å². The van der Waals surface area contributed by atoms with Crippen LogP contribution in [0.3, 0.4) is 0 Å². The van der Waals surface area contributed by atoms with Crippen LogP contribution in [0.2, 0.25) is 0 Å². The third-order valence-corrected chi connectivity index (χ3v) is 4.31. The van der Waals surface area contributed by atoms with Crippen molar-refractivity contribution < 1.29 is 27.3 Å². The number of hydrogen-bond acceptors (Lipinski definition) is 7. The van der Waals surface area contributed by atoms with E-state index in [1.165, 1.54) is 37.4 Å². The van der Waals surface area contributed by atoms with Gasteiger partial charge in [0.1, 0.15) is 11.6 Å². The molecule has 3 N–H and O–H groups in total. The van der Waals surface area contributed by atoms with Gasteiger partial charge in [-0.15, -0.1) is 0 Å². The van der Waals surface area contributed by atoms with Crippen LogP contribution < -0.4 is 10.6 Å². The Morgan fingerprint density at radius 3 is 2.54 bits per heavy atom. The highest BCUT2D eigenvalue weighted by molar-refractivity contribution is 7.85. The van der Waals surface area contributed by atoms with E-state index in [4.69, 9.17) is 4.55 Å². The monoisotopic (exact) mass is 401 g/mol. The molecule has 0 saturated carbocycles. The van der Waals surface area contributed by atoms with Gasteiger partial charge in [0.2, 0.25) is 0 Å². The molecule has 144 valence electrons. The number of anilines is 2. The third kappa shape index (κ3) is 5.16. The molecule has 0 heterocycles. The van der Waals surface area contributed by atoms with E-state index in [9.17, 15) is 23.3 Å². The molecule has 0 bridgehead atoms. The Bertz CT molecular complexity index is 1090. The zero-order valence-corrected chi connectivity index (χ0v) is 15.4. The first kappa shape index (κ1) is 20.6. The lowest BCUT2D eigenvalue weighted by Crippen LogP contribution is -2.17. The fraction of sp³-hybridized carbons (Fsp3) is 0.0556. The van der Waals surface area contributed by atoms with Crippen LogP contribution in [-0.2, 0) is 19.6 Å². The predicted octanol–water partition coefficient (Wildman–Crippen LogP) is 2.18. The largest absolute Gasteiger partial charge is 0.465 e. The second-order valence-electron chi connectivity index (χ2n) is 5.31. The summed E-state index contributed by atoms with van der Waals surface area (Å²) in [5, 5.41) is 14.3. The lowest BCUT2D eigenvalue weighted by Gasteiger charge is -2.09. The average Bonchev–Trinajstić information content (AvgIpc) is 2.68. The highest BCUT2D eigenvalue weighted by atomic mass is 32.2. The van der Waals surface area contributed by atoms with Crippen LogP contribution in [0.5, 0.6) is 0 Å². The van der Waals surface area contributed by atoms with Gasteiger partial charge in [0, 0.05) is 11.9 Å². The van der Waals surface area contributed by atoms with Crippen LogP contribution in [-0.4, -0.2) is 32.0 Å². The van der Waals surface area contributed by atoms with Crippen molar-refractivity contribution in [3.63, 3.8) is 0 Å². The van der Waals surface area contributed by atoms with Gasteiger partial charge in [-0.2, -0.15) is 13.7 Å². The van der Waals surface area contributed by atoms with Crippen LogP contribution in [0.15, 0.2) is 65.2 Å². The number of para-hydroxylation sites is 1. The van der Waals surface area contributed by atoms with Gasteiger partial charge in [0.15, 0.2) is 0 Å². The summed E-state index contributed by atoms with van der Waals surface area (Å²) < 4.78 is 36.0. The maximum Gasteiger partial charge on any atom is 0.339 e. The molecule has 0 saturated heterocycles. The first-order valence-electron chi connectivity index (χ1n) is 7.69. The summed E-state index contributed by atoms with van der Waals surface area (Å²) in [5.74, 6) is -1.45. The molecule has 0 aromatic heterocycles. The molecule has 0 spiro atoms. The SMILES string of the molecule is COC(=O)c1ccccc1NC(=O)/C(C#N)=C\Nc1cccc(S(=O)(=O)O)c1. The molecule has 0 fully saturated rings. The van der Waals surface area contributed by atoms with Crippen LogP contribution in [0.25, 0.3) is 0 Å². The molecule has 1 amide bonds. The number of esters is 1. The third-order valence-electron chi connectivity index (χ3n) is 3.46.